The van der Waals surface area contributed by atoms with Crippen molar-refractivity contribution in [2.24, 2.45) is 0 Å². The zero-order valence-electron chi connectivity index (χ0n) is 23.2. The first-order chi connectivity index (χ1) is 19.6. The molecule has 200 valence electrons. The SMILES string of the molecule is Cc1ccc(CC(NC(=O)CCC[Si](c2ccccc2)(c2ccccc2)c2ccccc2)c2ccccc2)cc1. The molecule has 0 saturated heterocycles. The van der Waals surface area contributed by atoms with E-state index in [2.05, 4.69) is 140 Å². The van der Waals surface area contributed by atoms with E-state index in [0.717, 1.165) is 24.4 Å². The number of rotatable bonds is 11. The summed E-state index contributed by atoms with van der Waals surface area (Å²) in [5, 5.41) is 7.53. The van der Waals surface area contributed by atoms with Crippen LogP contribution in [0.15, 0.2) is 146 Å². The fraction of sp³-hybridized carbons (Fsp3) is 0.162. The fourth-order valence-electron chi connectivity index (χ4n) is 5.78. The van der Waals surface area contributed by atoms with Crippen LogP contribution in [-0.4, -0.2) is 14.0 Å². The summed E-state index contributed by atoms with van der Waals surface area (Å²) in [5.74, 6) is 0.109. The Morgan fingerprint density at radius 2 is 1.07 bits per heavy atom. The van der Waals surface area contributed by atoms with Crippen LogP contribution in [0.3, 0.4) is 0 Å². The van der Waals surface area contributed by atoms with Crippen LogP contribution in [0.5, 0.6) is 0 Å². The molecular formula is C37H37NOSi. The summed E-state index contributed by atoms with van der Waals surface area (Å²) in [6, 6.07) is 52.6. The molecule has 0 radical (unpaired) electrons. The smallest absolute Gasteiger partial charge is 0.220 e. The van der Waals surface area contributed by atoms with Gasteiger partial charge in [-0.25, -0.2) is 0 Å². The maximum atomic E-state index is 13.5. The van der Waals surface area contributed by atoms with E-state index in [9.17, 15) is 4.79 Å². The molecule has 1 amide bonds. The number of hydrogen-bond acceptors (Lipinski definition) is 1. The molecule has 5 aromatic carbocycles. The standard InChI is InChI=1S/C37H37NOSi/c1-30-24-26-31(27-25-30)29-36(32-15-6-2-7-16-32)38-37(39)23-14-28-40(33-17-8-3-9-18-33,34-19-10-4-11-20-34)35-21-12-5-13-22-35/h2-13,15-22,24-27,36H,14,23,28-29H2,1H3,(H,38,39). The van der Waals surface area contributed by atoms with Gasteiger partial charge in [-0.05, 0) is 52.5 Å². The zero-order valence-corrected chi connectivity index (χ0v) is 24.2. The second-order valence-corrected chi connectivity index (χ2v) is 14.6. The average Bonchev–Trinajstić information content (AvgIpc) is 3.02. The van der Waals surface area contributed by atoms with Crippen LogP contribution >= 0.6 is 0 Å². The monoisotopic (exact) mass is 539 g/mol. The Balaban J connectivity index is 1.38. The van der Waals surface area contributed by atoms with Crippen LogP contribution in [-0.2, 0) is 11.2 Å². The van der Waals surface area contributed by atoms with Crippen molar-refractivity contribution in [3.05, 3.63) is 162 Å². The second-order valence-electron chi connectivity index (χ2n) is 10.6. The molecule has 40 heavy (non-hydrogen) atoms. The van der Waals surface area contributed by atoms with Crippen LogP contribution in [0, 0.1) is 6.92 Å². The molecule has 2 nitrogen and oxygen atoms in total. The molecule has 1 N–H and O–H groups in total. The van der Waals surface area contributed by atoms with E-state index < -0.39 is 8.07 Å². The number of hydrogen-bond donors (Lipinski definition) is 1. The Kier molecular flexibility index (Phi) is 9.05. The van der Waals surface area contributed by atoms with Gasteiger partial charge in [0.05, 0.1) is 6.04 Å². The third kappa shape index (κ3) is 6.49. The first-order valence-electron chi connectivity index (χ1n) is 14.2. The summed E-state index contributed by atoms with van der Waals surface area (Å²) in [4.78, 5) is 13.5. The van der Waals surface area contributed by atoms with Gasteiger partial charge in [-0.1, -0.05) is 151 Å². The third-order valence-electron chi connectivity index (χ3n) is 7.85. The number of aryl methyl sites for hydroxylation is 1. The van der Waals surface area contributed by atoms with Gasteiger partial charge < -0.3 is 5.32 Å². The summed E-state index contributed by atoms with van der Waals surface area (Å²) in [7, 11) is -2.34. The topological polar surface area (TPSA) is 29.1 Å². The maximum absolute atomic E-state index is 13.5. The van der Waals surface area contributed by atoms with E-state index >= 15 is 0 Å². The van der Waals surface area contributed by atoms with Crippen molar-refractivity contribution in [3.63, 3.8) is 0 Å². The number of benzene rings is 5. The zero-order chi connectivity index (χ0) is 27.6. The minimum atomic E-state index is -2.34. The molecule has 3 heteroatoms. The minimum Gasteiger partial charge on any atom is -0.349 e. The summed E-state index contributed by atoms with van der Waals surface area (Å²) < 4.78 is 0. The third-order valence-corrected chi connectivity index (χ3v) is 12.9. The lowest BCUT2D eigenvalue weighted by atomic mass is 9.98. The number of nitrogens with one attached hydrogen (secondary N) is 1. The van der Waals surface area contributed by atoms with Gasteiger partial charge in [0.25, 0.3) is 0 Å². The van der Waals surface area contributed by atoms with Gasteiger partial charge in [-0.2, -0.15) is 0 Å². The lowest BCUT2D eigenvalue weighted by Crippen LogP contribution is -2.66. The van der Waals surface area contributed by atoms with Gasteiger partial charge in [-0.15, -0.1) is 0 Å². The van der Waals surface area contributed by atoms with E-state index in [4.69, 9.17) is 0 Å². The summed E-state index contributed by atoms with van der Waals surface area (Å²) in [5.41, 5.74) is 3.60. The molecule has 0 aliphatic heterocycles. The quantitative estimate of drug-likeness (QED) is 0.154. The van der Waals surface area contributed by atoms with Gasteiger partial charge in [-0.3, -0.25) is 4.79 Å². The molecule has 0 aliphatic rings. The Hall–Kier alpha value is -4.21. The van der Waals surface area contributed by atoms with Crippen LogP contribution in [0.4, 0.5) is 0 Å². The van der Waals surface area contributed by atoms with Crippen molar-refractivity contribution < 1.29 is 4.79 Å². The second kappa shape index (κ2) is 13.2. The molecule has 0 heterocycles. The summed E-state index contributed by atoms with van der Waals surface area (Å²) in [6.45, 7) is 2.10. The number of carbonyl (C=O) groups excluding carboxylic acids is 1. The van der Waals surface area contributed by atoms with Crippen LogP contribution < -0.4 is 20.9 Å². The van der Waals surface area contributed by atoms with E-state index in [-0.39, 0.29) is 11.9 Å². The molecule has 5 aromatic rings. The minimum absolute atomic E-state index is 0.0595. The predicted octanol–water partition coefficient (Wildman–Crippen LogP) is 6.35. The highest BCUT2D eigenvalue weighted by molar-refractivity contribution is 7.11. The molecule has 1 atom stereocenters. The molecule has 1 unspecified atom stereocenters. The molecular weight excluding hydrogens is 502 g/mol. The van der Waals surface area contributed by atoms with Gasteiger partial charge in [0, 0.05) is 6.42 Å². The van der Waals surface area contributed by atoms with Gasteiger partial charge in [0.15, 0.2) is 0 Å². The highest BCUT2D eigenvalue weighted by atomic mass is 28.3. The number of carbonyl (C=O) groups is 1. The van der Waals surface area contributed by atoms with Crippen molar-refractivity contribution >= 4 is 29.5 Å². The van der Waals surface area contributed by atoms with E-state index in [1.54, 1.807) is 0 Å². The van der Waals surface area contributed by atoms with Gasteiger partial charge in [0.2, 0.25) is 5.91 Å². The van der Waals surface area contributed by atoms with Crippen molar-refractivity contribution in [1.29, 1.82) is 0 Å². The Morgan fingerprint density at radius 1 is 0.625 bits per heavy atom. The molecule has 5 rings (SSSR count). The molecule has 0 spiro atoms. The first-order valence-corrected chi connectivity index (χ1v) is 16.4. The van der Waals surface area contributed by atoms with Crippen LogP contribution in [0.1, 0.15) is 35.6 Å². The Morgan fingerprint density at radius 3 is 1.55 bits per heavy atom. The van der Waals surface area contributed by atoms with Gasteiger partial charge >= 0.3 is 0 Å². The highest BCUT2D eigenvalue weighted by Crippen LogP contribution is 2.21. The van der Waals surface area contributed by atoms with Crippen LogP contribution in [0.2, 0.25) is 6.04 Å². The molecule has 0 bridgehead atoms. The van der Waals surface area contributed by atoms with E-state index in [0.29, 0.717) is 6.42 Å². The molecule has 0 fully saturated rings. The summed E-state index contributed by atoms with van der Waals surface area (Å²) >= 11 is 0. The molecule has 0 saturated carbocycles. The number of amides is 1. The van der Waals surface area contributed by atoms with Crippen LogP contribution in [0.25, 0.3) is 0 Å². The van der Waals surface area contributed by atoms with Crippen molar-refractivity contribution in [2.45, 2.75) is 38.3 Å². The normalized spacial score (nSPS) is 12.0. The Labute approximate surface area is 239 Å². The highest BCUT2D eigenvalue weighted by Gasteiger charge is 2.38. The van der Waals surface area contributed by atoms with Crippen molar-refractivity contribution in [3.8, 4) is 0 Å². The summed E-state index contributed by atoms with van der Waals surface area (Å²) in [6.07, 6.45) is 2.09. The fourth-order valence-corrected chi connectivity index (χ4v) is 10.6. The van der Waals surface area contributed by atoms with Crippen molar-refractivity contribution in [2.75, 3.05) is 0 Å². The average molecular weight is 540 g/mol. The molecule has 0 aromatic heterocycles. The Bertz CT molecular complexity index is 1370. The van der Waals surface area contributed by atoms with E-state index in [1.165, 1.54) is 26.7 Å². The maximum Gasteiger partial charge on any atom is 0.220 e. The first kappa shape index (κ1) is 27.4. The predicted molar refractivity (Wildman–Crippen MR) is 170 cm³/mol. The lowest BCUT2D eigenvalue weighted by molar-refractivity contribution is -0.121. The van der Waals surface area contributed by atoms with Crippen molar-refractivity contribution in [1.82, 2.24) is 5.32 Å². The van der Waals surface area contributed by atoms with Gasteiger partial charge in [0.1, 0.15) is 8.07 Å². The molecule has 0 aliphatic carbocycles. The van der Waals surface area contributed by atoms with E-state index in [1.807, 2.05) is 18.2 Å². The lowest BCUT2D eigenvalue weighted by Gasteiger charge is -2.34. The largest absolute Gasteiger partial charge is 0.349 e.